The fourth-order valence-electron chi connectivity index (χ4n) is 3.18. The second-order valence-electron chi connectivity index (χ2n) is 6.27. The molecule has 0 radical (unpaired) electrons. The largest absolute Gasteiger partial charge is 0.488 e. The van der Waals surface area contributed by atoms with Crippen LogP contribution in [0.5, 0.6) is 5.75 Å². The average molecular weight is 247 g/mol. The predicted molar refractivity (Wildman–Crippen MR) is 76.2 cm³/mol. The summed E-state index contributed by atoms with van der Waals surface area (Å²) >= 11 is 0. The Kier molecular flexibility index (Phi) is 3.67. The Morgan fingerprint density at radius 2 is 1.94 bits per heavy atom. The van der Waals surface area contributed by atoms with Crippen LogP contribution < -0.4 is 10.1 Å². The minimum atomic E-state index is -0.0803. The summed E-state index contributed by atoms with van der Waals surface area (Å²) in [5.41, 5.74) is 1.27. The van der Waals surface area contributed by atoms with Crippen LogP contribution in [0.3, 0.4) is 0 Å². The monoisotopic (exact) mass is 247 g/mol. The lowest BCUT2D eigenvalue weighted by atomic mass is 9.76. The molecule has 0 fully saturated rings. The second-order valence-corrected chi connectivity index (χ2v) is 6.27. The lowest BCUT2D eigenvalue weighted by Crippen LogP contribution is -2.44. The Balaban J connectivity index is 2.41. The van der Waals surface area contributed by atoms with Crippen molar-refractivity contribution >= 4 is 0 Å². The highest BCUT2D eigenvalue weighted by molar-refractivity contribution is 5.40. The summed E-state index contributed by atoms with van der Waals surface area (Å²) in [5, 5.41) is 3.49. The SMILES string of the molecule is CNC(C(C)C)C1CC(C)(C)Oc2ccccc21. The lowest BCUT2D eigenvalue weighted by Gasteiger charge is -2.42. The fourth-order valence-corrected chi connectivity index (χ4v) is 3.18. The van der Waals surface area contributed by atoms with Crippen molar-refractivity contribution < 1.29 is 4.74 Å². The summed E-state index contributed by atoms with van der Waals surface area (Å²) in [6.07, 6.45) is 1.06. The summed E-state index contributed by atoms with van der Waals surface area (Å²) in [4.78, 5) is 0. The van der Waals surface area contributed by atoms with Gasteiger partial charge in [-0.25, -0.2) is 0 Å². The van der Waals surface area contributed by atoms with E-state index >= 15 is 0 Å². The highest BCUT2D eigenvalue weighted by atomic mass is 16.5. The van der Waals surface area contributed by atoms with Gasteiger partial charge in [0, 0.05) is 12.0 Å². The zero-order chi connectivity index (χ0) is 13.3. The highest BCUT2D eigenvalue weighted by Gasteiger charge is 2.37. The van der Waals surface area contributed by atoms with Gasteiger partial charge in [0.05, 0.1) is 0 Å². The first-order valence-corrected chi connectivity index (χ1v) is 6.90. The van der Waals surface area contributed by atoms with Gasteiger partial charge in [-0.15, -0.1) is 0 Å². The molecule has 2 rings (SSSR count). The van der Waals surface area contributed by atoms with Crippen molar-refractivity contribution in [3.63, 3.8) is 0 Å². The van der Waals surface area contributed by atoms with Gasteiger partial charge in [-0.2, -0.15) is 0 Å². The third kappa shape index (κ3) is 2.54. The number of likely N-dealkylation sites (N-methyl/N-ethyl adjacent to an activating group) is 1. The molecule has 1 aliphatic rings. The number of fused-ring (bicyclic) bond motifs is 1. The van der Waals surface area contributed by atoms with Crippen LogP contribution in [0.1, 0.15) is 45.6 Å². The normalized spacial score (nSPS) is 23.3. The molecule has 0 aromatic heterocycles. The van der Waals surface area contributed by atoms with Crippen molar-refractivity contribution in [1.29, 1.82) is 0 Å². The molecule has 0 saturated carbocycles. The lowest BCUT2D eigenvalue weighted by molar-refractivity contribution is 0.0617. The maximum Gasteiger partial charge on any atom is 0.123 e. The number of ether oxygens (including phenoxy) is 1. The van der Waals surface area contributed by atoms with E-state index in [0.29, 0.717) is 17.9 Å². The van der Waals surface area contributed by atoms with E-state index in [0.717, 1.165) is 12.2 Å². The number of hydrogen-bond acceptors (Lipinski definition) is 2. The van der Waals surface area contributed by atoms with E-state index in [9.17, 15) is 0 Å². The maximum atomic E-state index is 6.10. The molecule has 1 aliphatic heterocycles. The number of benzene rings is 1. The second kappa shape index (κ2) is 4.93. The zero-order valence-corrected chi connectivity index (χ0v) is 12.2. The molecule has 2 nitrogen and oxygen atoms in total. The van der Waals surface area contributed by atoms with E-state index in [2.05, 4.69) is 64.3 Å². The molecule has 1 N–H and O–H groups in total. The van der Waals surface area contributed by atoms with Crippen molar-refractivity contribution in [1.82, 2.24) is 5.32 Å². The van der Waals surface area contributed by atoms with Crippen molar-refractivity contribution in [2.45, 2.75) is 51.7 Å². The zero-order valence-electron chi connectivity index (χ0n) is 12.2. The van der Waals surface area contributed by atoms with Gasteiger partial charge in [0.2, 0.25) is 0 Å². The van der Waals surface area contributed by atoms with E-state index < -0.39 is 0 Å². The van der Waals surface area contributed by atoms with E-state index in [-0.39, 0.29) is 5.60 Å². The van der Waals surface area contributed by atoms with Gasteiger partial charge in [0.25, 0.3) is 0 Å². The molecule has 0 spiro atoms. The summed E-state index contributed by atoms with van der Waals surface area (Å²) in [5.74, 6) is 2.19. The van der Waals surface area contributed by atoms with Crippen LogP contribution in [-0.2, 0) is 0 Å². The van der Waals surface area contributed by atoms with Crippen LogP contribution in [0.2, 0.25) is 0 Å². The Morgan fingerprint density at radius 1 is 1.28 bits per heavy atom. The van der Waals surface area contributed by atoms with E-state index in [1.807, 2.05) is 0 Å². The molecule has 0 saturated heterocycles. The van der Waals surface area contributed by atoms with Crippen LogP contribution in [0.4, 0.5) is 0 Å². The standard InChI is InChI=1S/C16H25NO/c1-11(2)15(17-5)13-10-16(3,4)18-14-9-7-6-8-12(13)14/h6-9,11,13,15,17H,10H2,1-5H3. The third-order valence-corrected chi connectivity index (χ3v) is 3.90. The van der Waals surface area contributed by atoms with Crippen molar-refractivity contribution in [3.8, 4) is 5.75 Å². The Labute approximate surface area is 111 Å². The third-order valence-electron chi connectivity index (χ3n) is 3.90. The van der Waals surface area contributed by atoms with E-state index in [1.165, 1.54) is 5.56 Å². The van der Waals surface area contributed by atoms with Gasteiger partial charge in [-0.05, 0) is 44.9 Å². The highest BCUT2D eigenvalue weighted by Crippen LogP contribution is 2.43. The molecule has 0 bridgehead atoms. The smallest absolute Gasteiger partial charge is 0.123 e. The van der Waals surface area contributed by atoms with Crippen molar-refractivity contribution in [3.05, 3.63) is 29.8 Å². The molecule has 2 atom stereocenters. The summed E-state index contributed by atoms with van der Waals surface area (Å²) < 4.78 is 6.10. The van der Waals surface area contributed by atoms with Crippen LogP contribution in [-0.4, -0.2) is 18.7 Å². The summed E-state index contributed by atoms with van der Waals surface area (Å²) in [6, 6.07) is 8.97. The van der Waals surface area contributed by atoms with Gasteiger partial charge >= 0.3 is 0 Å². The molecule has 2 unspecified atom stereocenters. The minimum absolute atomic E-state index is 0.0803. The van der Waals surface area contributed by atoms with Gasteiger partial charge in [-0.3, -0.25) is 0 Å². The van der Waals surface area contributed by atoms with Crippen LogP contribution in [0, 0.1) is 5.92 Å². The summed E-state index contributed by atoms with van der Waals surface area (Å²) in [7, 11) is 2.07. The first-order chi connectivity index (χ1) is 8.44. The molecule has 18 heavy (non-hydrogen) atoms. The number of para-hydroxylation sites is 1. The van der Waals surface area contributed by atoms with Crippen molar-refractivity contribution in [2.75, 3.05) is 7.05 Å². The van der Waals surface area contributed by atoms with Gasteiger partial charge < -0.3 is 10.1 Å². The topological polar surface area (TPSA) is 21.3 Å². The molecule has 0 aliphatic carbocycles. The molecule has 1 aromatic rings. The number of rotatable bonds is 3. The molecule has 100 valence electrons. The molecule has 1 heterocycles. The van der Waals surface area contributed by atoms with Crippen LogP contribution in [0.15, 0.2) is 24.3 Å². The van der Waals surface area contributed by atoms with Crippen LogP contribution in [0.25, 0.3) is 0 Å². The van der Waals surface area contributed by atoms with E-state index in [4.69, 9.17) is 4.74 Å². The fraction of sp³-hybridized carbons (Fsp3) is 0.625. The van der Waals surface area contributed by atoms with Crippen molar-refractivity contribution in [2.24, 2.45) is 5.92 Å². The Hall–Kier alpha value is -1.02. The molecule has 1 aromatic carbocycles. The van der Waals surface area contributed by atoms with Gasteiger partial charge in [0.15, 0.2) is 0 Å². The average Bonchev–Trinajstić information content (AvgIpc) is 2.27. The first kappa shape index (κ1) is 13.4. The maximum absolute atomic E-state index is 6.10. The summed E-state index contributed by atoms with van der Waals surface area (Å²) in [6.45, 7) is 8.93. The van der Waals surface area contributed by atoms with E-state index in [1.54, 1.807) is 0 Å². The Morgan fingerprint density at radius 3 is 2.56 bits per heavy atom. The number of hydrogen-bond donors (Lipinski definition) is 1. The Bertz CT molecular complexity index is 411. The quantitative estimate of drug-likeness (QED) is 0.881. The van der Waals surface area contributed by atoms with Gasteiger partial charge in [0.1, 0.15) is 11.4 Å². The van der Waals surface area contributed by atoms with Gasteiger partial charge in [-0.1, -0.05) is 32.0 Å². The predicted octanol–water partition coefficient (Wildman–Crippen LogP) is 3.58. The number of nitrogens with one attached hydrogen (secondary N) is 1. The molecule has 2 heteroatoms. The molecule has 0 amide bonds. The van der Waals surface area contributed by atoms with Crippen LogP contribution >= 0.6 is 0 Å². The molecular formula is C16H25NO. The minimum Gasteiger partial charge on any atom is -0.488 e. The first-order valence-electron chi connectivity index (χ1n) is 6.90. The molecular weight excluding hydrogens is 222 g/mol.